The molecular weight excluding hydrogens is 298 g/mol. The van der Waals surface area contributed by atoms with Gasteiger partial charge in [0.25, 0.3) is 0 Å². The largest absolute Gasteiger partial charge is 0.381 e. The summed E-state index contributed by atoms with van der Waals surface area (Å²) in [5.74, 6) is 2.25. The van der Waals surface area contributed by atoms with Gasteiger partial charge in [-0.05, 0) is 26.0 Å². The molecule has 0 saturated heterocycles. The number of aromatic nitrogens is 3. The lowest BCUT2D eigenvalue weighted by molar-refractivity contribution is 0.164. The first-order valence-electron chi connectivity index (χ1n) is 7.22. The van der Waals surface area contributed by atoms with Gasteiger partial charge in [0, 0.05) is 18.0 Å². The Bertz CT molecular complexity index is 581. The van der Waals surface area contributed by atoms with Crippen LogP contribution in [0.3, 0.4) is 0 Å². The number of hydrogen-bond donors (Lipinski definition) is 2. The van der Waals surface area contributed by atoms with Crippen LogP contribution in [0, 0.1) is 0 Å². The van der Waals surface area contributed by atoms with Gasteiger partial charge in [0.15, 0.2) is 0 Å². The highest BCUT2D eigenvalue weighted by Gasteiger charge is 2.12. The highest BCUT2D eigenvalue weighted by molar-refractivity contribution is 7.99. The van der Waals surface area contributed by atoms with Crippen molar-refractivity contribution in [2.45, 2.75) is 19.1 Å². The lowest BCUT2D eigenvalue weighted by atomic mass is 10.3. The molecule has 0 aliphatic carbocycles. The van der Waals surface area contributed by atoms with Crippen LogP contribution in [0.15, 0.2) is 30.3 Å². The predicted molar refractivity (Wildman–Crippen MR) is 91.3 cm³/mol. The van der Waals surface area contributed by atoms with Crippen molar-refractivity contribution < 1.29 is 4.74 Å². The topological polar surface area (TPSA) is 86.0 Å². The summed E-state index contributed by atoms with van der Waals surface area (Å²) in [6.45, 7) is 5.50. The molecule has 118 valence electrons. The Morgan fingerprint density at radius 1 is 1.23 bits per heavy atom. The monoisotopic (exact) mass is 319 g/mol. The summed E-state index contributed by atoms with van der Waals surface area (Å²) in [6, 6.07) is 9.73. The maximum Gasteiger partial charge on any atom is 0.232 e. The van der Waals surface area contributed by atoms with Gasteiger partial charge in [0.05, 0.1) is 11.9 Å². The van der Waals surface area contributed by atoms with Crippen molar-refractivity contribution in [3.8, 4) is 0 Å². The van der Waals surface area contributed by atoms with E-state index in [4.69, 9.17) is 10.5 Å². The van der Waals surface area contributed by atoms with E-state index in [1.54, 1.807) is 11.8 Å². The molecule has 0 fully saturated rings. The van der Waals surface area contributed by atoms with Crippen LogP contribution < -0.4 is 11.1 Å². The molecule has 7 heteroatoms. The second kappa shape index (κ2) is 8.55. The van der Waals surface area contributed by atoms with Gasteiger partial charge >= 0.3 is 0 Å². The van der Waals surface area contributed by atoms with Gasteiger partial charge in [-0.2, -0.15) is 15.0 Å². The Morgan fingerprint density at radius 3 is 2.73 bits per heavy atom. The molecule has 1 aromatic carbocycles. The molecule has 2 rings (SSSR count). The van der Waals surface area contributed by atoms with Gasteiger partial charge in [-0.3, -0.25) is 0 Å². The number of anilines is 3. The summed E-state index contributed by atoms with van der Waals surface area (Å²) in [5, 5.41) is 3.27. The number of nitrogens with two attached hydrogens (primary N) is 1. The van der Waals surface area contributed by atoms with Gasteiger partial charge in [-0.25, -0.2) is 0 Å². The number of nitrogens with one attached hydrogen (secondary N) is 1. The van der Waals surface area contributed by atoms with E-state index in [1.165, 1.54) is 0 Å². The van der Waals surface area contributed by atoms with Gasteiger partial charge < -0.3 is 15.8 Å². The highest BCUT2D eigenvalue weighted by Crippen LogP contribution is 2.26. The summed E-state index contributed by atoms with van der Waals surface area (Å²) in [6.07, 6.45) is 0. The van der Waals surface area contributed by atoms with Crippen LogP contribution in [0.2, 0.25) is 0 Å². The molecule has 0 radical (unpaired) electrons. The third kappa shape index (κ3) is 5.16. The summed E-state index contributed by atoms with van der Waals surface area (Å²) < 4.78 is 5.34. The molecule has 3 N–H and O–H groups in total. The third-order valence-electron chi connectivity index (χ3n) is 2.86. The second-order valence-electron chi connectivity index (χ2n) is 4.58. The number of para-hydroxylation sites is 1. The molecule has 22 heavy (non-hydrogen) atoms. The van der Waals surface area contributed by atoms with Crippen molar-refractivity contribution in [2.75, 3.05) is 30.0 Å². The Kier molecular flexibility index (Phi) is 6.42. The average Bonchev–Trinajstić information content (AvgIpc) is 2.52. The standard InChI is InChI=1S/C15H21N5OS/c1-3-21-9-10-22-11(2)13-18-14(16)20-15(19-13)17-12-7-5-4-6-8-12/h4-8,11H,3,9-10H2,1-2H3,(H3,16,17,18,19,20)/t11-/m0/s1. The van der Waals surface area contributed by atoms with E-state index in [0.717, 1.165) is 24.7 Å². The van der Waals surface area contributed by atoms with Crippen LogP contribution in [0.4, 0.5) is 17.6 Å². The molecule has 1 atom stereocenters. The molecule has 1 aromatic heterocycles. The van der Waals surface area contributed by atoms with Crippen LogP contribution in [0.5, 0.6) is 0 Å². The van der Waals surface area contributed by atoms with E-state index >= 15 is 0 Å². The first-order valence-corrected chi connectivity index (χ1v) is 8.26. The molecule has 0 bridgehead atoms. The minimum atomic E-state index is 0.127. The minimum absolute atomic E-state index is 0.127. The fourth-order valence-electron chi connectivity index (χ4n) is 1.80. The smallest absolute Gasteiger partial charge is 0.232 e. The van der Waals surface area contributed by atoms with E-state index in [2.05, 4.69) is 27.2 Å². The molecular formula is C15H21N5OS. The van der Waals surface area contributed by atoms with Crippen molar-refractivity contribution in [3.05, 3.63) is 36.2 Å². The molecule has 0 aliphatic rings. The summed E-state index contributed by atoms with van der Waals surface area (Å²) in [4.78, 5) is 12.8. The minimum Gasteiger partial charge on any atom is -0.381 e. The first kappa shape index (κ1) is 16.5. The zero-order valence-corrected chi connectivity index (χ0v) is 13.6. The molecule has 2 aromatic rings. The quantitative estimate of drug-likeness (QED) is 0.723. The summed E-state index contributed by atoms with van der Waals surface area (Å²) in [7, 11) is 0. The lowest BCUT2D eigenvalue weighted by Crippen LogP contribution is -2.09. The SMILES string of the molecule is CCOCCS[C@@H](C)c1nc(N)nc(Nc2ccccc2)n1. The van der Waals surface area contributed by atoms with Gasteiger partial charge in [-0.1, -0.05) is 18.2 Å². The number of hydrogen-bond acceptors (Lipinski definition) is 7. The van der Waals surface area contributed by atoms with Gasteiger partial charge in [0.2, 0.25) is 11.9 Å². The summed E-state index contributed by atoms with van der Waals surface area (Å²) in [5.41, 5.74) is 6.70. The molecule has 0 unspecified atom stereocenters. The van der Waals surface area contributed by atoms with Crippen molar-refractivity contribution in [1.29, 1.82) is 0 Å². The predicted octanol–water partition coefficient (Wildman–Crippen LogP) is 3.03. The Balaban J connectivity index is 2.03. The van der Waals surface area contributed by atoms with Crippen molar-refractivity contribution >= 4 is 29.3 Å². The normalized spacial score (nSPS) is 12.1. The van der Waals surface area contributed by atoms with Crippen LogP contribution in [0.25, 0.3) is 0 Å². The zero-order chi connectivity index (χ0) is 15.8. The molecule has 0 aliphatic heterocycles. The molecule has 0 saturated carbocycles. The van der Waals surface area contributed by atoms with Gasteiger partial charge in [0.1, 0.15) is 5.82 Å². The van der Waals surface area contributed by atoms with Crippen molar-refractivity contribution in [3.63, 3.8) is 0 Å². The van der Waals surface area contributed by atoms with E-state index < -0.39 is 0 Å². The molecule has 0 amide bonds. The average molecular weight is 319 g/mol. The number of benzene rings is 1. The Hall–Kier alpha value is -1.86. The first-order chi connectivity index (χ1) is 10.7. The number of nitrogen functional groups attached to an aromatic ring is 1. The number of thioether (sulfide) groups is 1. The van der Waals surface area contributed by atoms with Crippen LogP contribution in [-0.2, 0) is 4.74 Å². The van der Waals surface area contributed by atoms with E-state index in [-0.39, 0.29) is 11.2 Å². The van der Waals surface area contributed by atoms with Crippen LogP contribution in [0.1, 0.15) is 24.9 Å². The fraction of sp³-hybridized carbons (Fsp3) is 0.400. The third-order valence-corrected chi connectivity index (χ3v) is 3.98. The second-order valence-corrected chi connectivity index (χ2v) is 6.03. The van der Waals surface area contributed by atoms with E-state index in [9.17, 15) is 0 Å². The number of nitrogens with zero attached hydrogens (tertiary/aromatic N) is 3. The van der Waals surface area contributed by atoms with Crippen molar-refractivity contribution in [2.24, 2.45) is 0 Å². The highest BCUT2D eigenvalue weighted by atomic mass is 32.2. The summed E-state index contributed by atoms with van der Waals surface area (Å²) >= 11 is 1.73. The van der Waals surface area contributed by atoms with Gasteiger partial charge in [-0.15, -0.1) is 11.8 Å². The molecule has 6 nitrogen and oxygen atoms in total. The Labute approximate surface area is 134 Å². The van der Waals surface area contributed by atoms with E-state index in [1.807, 2.05) is 37.3 Å². The van der Waals surface area contributed by atoms with Crippen molar-refractivity contribution in [1.82, 2.24) is 15.0 Å². The lowest BCUT2D eigenvalue weighted by Gasteiger charge is -2.12. The molecule has 1 heterocycles. The number of rotatable bonds is 8. The number of ether oxygens (including phenoxy) is 1. The zero-order valence-electron chi connectivity index (χ0n) is 12.8. The van der Waals surface area contributed by atoms with E-state index in [0.29, 0.717) is 11.8 Å². The van der Waals surface area contributed by atoms with Crippen LogP contribution >= 0.6 is 11.8 Å². The fourth-order valence-corrected chi connectivity index (χ4v) is 2.62. The van der Waals surface area contributed by atoms with Crippen LogP contribution in [-0.4, -0.2) is 33.9 Å². The maximum absolute atomic E-state index is 5.79. The molecule has 0 spiro atoms. The maximum atomic E-state index is 5.79. The Morgan fingerprint density at radius 2 is 2.00 bits per heavy atom.